The van der Waals surface area contributed by atoms with Crippen molar-refractivity contribution in [3.8, 4) is 11.5 Å². The van der Waals surface area contributed by atoms with Crippen LogP contribution in [0.5, 0.6) is 11.5 Å². The van der Waals surface area contributed by atoms with Crippen molar-refractivity contribution < 1.29 is 9.47 Å². The van der Waals surface area contributed by atoms with Crippen molar-refractivity contribution in [2.45, 2.75) is 40.3 Å². The summed E-state index contributed by atoms with van der Waals surface area (Å²) in [4.78, 5) is 10.4. The van der Waals surface area contributed by atoms with Crippen LogP contribution >= 0.6 is 35.3 Å². The second-order valence-electron chi connectivity index (χ2n) is 5.54. The molecule has 1 aromatic carbocycles. The van der Waals surface area contributed by atoms with Crippen LogP contribution in [0.15, 0.2) is 29.4 Å². The van der Waals surface area contributed by atoms with Crippen LogP contribution in [0.25, 0.3) is 0 Å². The average molecular weight is 504 g/mol. The number of nitrogens with zero attached hydrogens (tertiary/aromatic N) is 2. The Morgan fingerprint density at radius 2 is 2.00 bits per heavy atom. The minimum Gasteiger partial charge on any atom is -0.493 e. The number of guanidine groups is 1. The van der Waals surface area contributed by atoms with E-state index in [0.717, 1.165) is 41.0 Å². The van der Waals surface area contributed by atoms with Crippen LogP contribution in [-0.4, -0.2) is 31.2 Å². The first kappa shape index (κ1) is 23.5. The van der Waals surface area contributed by atoms with Gasteiger partial charge in [0.1, 0.15) is 5.01 Å². The molecule has 0 aliphatic rings. The van der Waals surface area contributed by atoms with Crippen molar-refractivity contribution in [3.05, 3.63) is 39.8 Å². The summed E-state index contributed by atoms with van der Waals surface area (Å²) in [5.74, 6) is 2.25. The van der Waals surface area contributed by atoms with Crippen molar-refractivity contribution in [2.75, 3.05) is 20.3 Å². The number of aromatic nitrogens is 1. The van der Waals surface area contributed by atoms with E-state index >= 15 is 0 Å². The lowest BCUT2D eigenvalue weighted by Crippen LogP contribution is -2.36. The molecule has 0 aliphatic heterocycles. The molecular formula is C19H29IN4O2S. The number of thiazole rings is 1. The summed E-state index contributed by atoms with van der Waals surface area (Å²) in [6.07, 6.45) is 2.96. The van der Waals surface area contributed by atoms with Crippen molar-refractivity contribution in [2.24, 2.45) is 4.99 Å². The smallest absolute Gasteiger partial charge is 0.191 e. The molecule has 0 aliphatic carbocycles. The van der Waals surface area contributed by atoms with Crippen LogP contribution < -0.4 is 20.1 Å². The SMILES string of the molecule is CCNC(=NCc1ccc(OCC)c(OC)c1)NCc1ncc(CC)s1.I. The molecule has 0 saturated carbocycles. The molecular weight excluding hydrogens is 475 g/mol. The fourth-order valence-electron chi connectivity index (χ4n) is 2.35. The van der Waals surface area contributed by atoms with Gasteiger partial charge in [-0.25, -0.2) is 9.98 Å². The van der Waals surface area contributed by atoms with E-state index in [1.807, 2.05) is 31.3 Å². The van der Waals surface area contributed by atoms with Gasteiger partial charge < -0.3 is 20.1 Å². The van der Waals surface area contributed by atoms with Gasteiger partial charge in [0.2, 0.25) is 0 Å². The molecule has 0 spiro atoms. The standard InChI is InChI=1S/C19H28N4O2S.HI/c1-5-15-12-21-18(26-15)13-23-19(20-6-2)22-11-14-8-9-16(25-7-3)17(10-14)24-4;/h8-10,12H,5-7,11,13H2,1-4H3,(H2,20,22,23);1H. The minimum absolute atomic E-state index is 0. The number of nitrogens with one attached hydrogen (secondary N) is 2. The molecule has 0 unspecified atom stereocenters. The monoisotopic (exact) mass is 504 g/mol. The molecule has 0 fully saturated rings. The molecule has 0 radical (unpaired) electrons. The fourth-order valence-corrected chi connectivity index (χ4v) is 3.15. The summed E-state index contributed by atoms with van der Waals surface area (Å²) in [5, 5.41) is 7.66. The third-order valence-corrected chi connectivity index (χ3v) is 4.79. The summed E-state index contributed by atoms with van der Waals surface area (Å²) >= 11 is 1.73. The van der Waals surface area contributed by atoms with Gasteiger partial charge in [-0.05, 0) is 38.0 Å². The third-order valence-electron chi connectivity index (χ3n) is 3.65. The Morgan fingerprint density at radius 1 is 1.19 bits per heavy atom. The van der Waals surface area contributed by atoms with E-state index in [4.69, 9.17) is 9.47 Å². The molecule has 0 saturated heterocycles. The number of rotatable bonds is 9. The minimum atomic E-state index is 0. The second-order valence-corrected chi connectivity index (χ2v) is 6.74. The van der Waals surface area contributed by atoms with Crippen molar-refractivity contribution >= 4 is 41.3 Å². The molecule has 27 heavy (non-hydrogen) atoms. The fraction of sp³-hybridized carbons (Fsp3) is 0.474. The van der Waals surface area contributed by atoms with Gasteiger partial charge in [0.25, 0.3) is 0 Å². The largest absolute Gasteiger partial charge is 0.493 e. The highest BCUT2D eigenvalue weighted by molar-refractivity contribution is 14.0. The number of hydrogen-bond acceptors (Lipinski definition) is 5. The number of ether oxygens (including phenoxy) is 2. The summed E-state index contributed by atoms with van der Waals surface area (Å²) in [6.45, 7) is 8.78. The number of benzene rings is 1. The zero-order chi connectivity index (χ0) is 18.8. The van der Waals surface area contributed by atoms with E-state index in [2.05, 4.69) is 34.5 Å². The maximum absolute atomic E-state index is 5.55. The van der Waals surface area contributed by atoms with Crippen molar-refractivity contribution in [1.82, 2.24) is 15.6 Å². The molecule has 0 amide bonds. The highest BCUT2D eigenvalue weighted by Gasteiger charge is 2.06. The Labute approximate surface area is 182 Å². The lowest BCUT2D eigenvalue weighted by molar-refractivity contribution is 0.310. The average Bonchev–Trinajstić information content (AvgIpc) is 3.13. The molecule has 2 aromatic rings. The number of aliphatic imine (C=N–C) groups is 1. The first-order chi connectivity index (χ1) is 12.7. The molecule has 6 nitrogen and oxygen atoms in total. The zero-order valence-electron chi connectivity index (χ0n) is 16.4. The van der Waals surface area contributed by atoms with Crippen LogP contribution in [-0.2, 0) is 19.5 Å². The molecule has 1 heterocycles. The van der Waals surface area contributed by atoms with Gasteiger partial charge in [0, 0.05) is 17.6 Å². The maximum Gasteiger partial charge on any atom is 0.191 e. The van der Waals surface area contributed by atoms with Gasteiger partial charge in [-0.1, -0.05) is 13.0 Å². The van der Waals surface area contributed by atoms with E-state index in [9.17, 15) is 0 Å². The number of aryl methyl sites for hydroxylation is 1. The van der Waals surface area contributed by atoms with E-state index in [1.165, 1.54) is 4.88 Å². The van der Waals surface area contributed by atoms with Gasteiger partial charge in [-0.2, -0.15) is 0 Å². The predicted octanol–water partition coefficient (Wildman–Crippen LogP) is 3.99. The van der Waals surface area contributed by atoms with Gasteiger partial charge in [0.15, 0.2) is 17.5 Å². The molecule has 0 atom stereocenters. The number of halogens is 1. The topological polar surface area (TPSA) is 67.8 Å². The third kappa shape index (κ3) is 7.53. The summed E-state index contributed by atoms with van der Waals surface area (Å²) < 4.78 is 11.0. The quantitative estimate of drug-likeness (QED) is 0.307. The van der Waals surface area contributed by atoms with E-state index < -0.39 is 0 Å². The Morgan fingerprint density at radius 3 is 2.63 bits per heavy atom. The molecule has 2 N–H and O–H groups in total. The lowest BCUT2D eigenvalue weighted by Gasteiger charge is -2.12. The van der Waals surface area contributed by atoms with Gasteiger partial charge in [0.05, 0.1) is 26.8 Å². The second kappa shape index (κ2) is 12.8. The number of methoxy groups -OCH3 is 1. The molecule has 0 bridgehead atoms. The van der Waals surface area contributed by atoms with Crippen LogP contribution in [0.4, 0.5) is 0 Å². The zero-order valence-corrected chi connectivity index (χ0v) is 19.5. The number of hydrogen-bond donors (Lipinski definition) is 2. The first-order valence-corrected chi connectivity index (χ1v) is 9.77. The van der Waals surface area contributed by atoms with Crippen LogP contribution in [0.3, 0.4) is 0 Å². The Hall–Kier alpha value is -1.55. The van der Waals surface area contributed by atoms with Gasteiger partial charge in [-0.3, -0.25) is 0 Å². The predicted molar refractivity (Wildman–Crippen MR) is 123 cm³/mol. The van der Waals surface area contributed by atoms with Crippen LogP contribution in [0.2, 0.25) is 0 Å². The Bertz CT molecular complexity index is 721. The summed E-state index contributed by atoms with van der Waals surface area (Å²) in [5.41, 5.74) is 1.06. The lowest BCUT2D eigenvalue weighted by atomic mass is 10.2. The Kier molecular flexibility index (Phi) is 11.1. The maximum atomic E-state index is 5.55. The summed E-state index contributed by atoms with van der Waals surface area (Å²) in [6, 6.07) is 5.90. The van der Waals surface area contributed by atoms with Crippen molar-refractivity contribution in [3.63, 3.8) is 0 Å². The first-order valence-electron chi connectivity index (χ1n) is 8.95. The van der Waals surface area contributed by atoms with Gasteiger partial charge in [-0.15, -0.1) is 35.3 Å². The molecule has 8 heteroatoms. The van der Waals surface area contributed by atoms with E-state index in [1.54, 1.807) is 18.4 Å². The molecule has 1 aromatic heterocycles. The molecule has 150 valence electrons. The van der Waals surface area contributed by atoms with Gasteiger partial charge >= 0.3 is 0 Å². The van der Waals surface area contributed by atoms with E-state index in [0.29, 0.717) is 19.7 Å². The summed E-state index contributed by atoms with van der Waals surface area (Å²) in [7, 11) is 1.65. The highest BCUT2D eigenvalue weighted by atomic mass is 127. The van der Waals surface area contributed by atoms with Crippen LogP contribution in [0, 0.1) is 0 Å². The normalized spacial score (nSPS) is 10.9. The van der Waals surface area contributed by atoms with Crippen molar-refractivity contribution in [1.29, 1.82) is 0 Å². The Balaban J connectivity index is 0.00000364. The molecule has 2 rings (SSSR count). The highest BCUT2D eigenvalue weighted by Crippen LogP contribution is 2.28. The van der Waals surface area contributed by atoms with E-state index in [-0.39, 0.29) is 24.0 Å². The van der Waals surface area contributed by atoms with Crippen LogP contribution in [0.1, 0.15) is 36.2 Å².